The van der Waals surface area contributed by atoms with Crippen LogP contribution in [0.25, 0.3) is 33.4 Å². The number of fused-ring (bicyclic) bond motifs is 1. The van der Waals surface area contributed by atoms with Crippen LogP contribution in [0, 0.1) is 0 Å². The number of aromatic nitrogens is 3. The van der Waals surface area contributed by atoms with Gasteiger partial charge in [0, 0.05) is 42.8 Å². The lowest BCUT2D eigenvalue weighted by atomic mass is 10.0. The zero-order valence-corrected chi connectivity index (χ0v) is 18.1. The van der Waals surface area contributed by atoms with Crippen molar-refractivity contribution in [1.82, 2.24) is 19.3 Å². The highest BCUT2D eigenvalue weighted by Crippen LogP contribution is 2.30. The van der Waals surface area contributed by atoms with Crippen molar-refractivity contribution >= 4 is 21.1 Å². The molecule has 0 spiro atoms. The number of hydrogen-bond acceptors (Lipinski definition) is 6. The van der Waals surface area contributed by atoms with Crippen molar-refractivity contribution in [3.63, 3.8) is 0 Å². The molecule has 7 nitrogen and oxygen atoms in total. The maximum Gasteiger partial charge on any atom is 0.243 e. The predicted octanol–water partition coefficient (Wildman–Crippen LogP) is 3.50. The van der Waals surface area contributed by atoms with Gasteiger partial charge in [-0.3, -0.25) is 9.97 Å². The van der Waals surface area contributed by atoms with Gasteiger partial charge in [0.25, 0.3) is 0 Å². The van der Waals surface area contributed by atoms with Gasteiger partial charge >= 0.3 is 0 Å². The summed E-state index contributed by atoms with van der Waals surface area (Å²) in [5, 5.41) is 9.71. The Hall–Kier alpha value is -3.20. The Labute approximate surface area is 186 Å². The zero-order valence-electron chi connectivity index (χ0n) is 17.3. The predicted molar refractivity (Wildman–Crippen MR) is 122 cm³/mol. The van der Waals surface area contributed by atoms with Crippen LogP contribution >= 0.6 is 0 Å². The minimum Gasteiger partial charge on any atom is -0.393 e. The lowest BCUT2D eigenvalue weighted by molar-refractivity contribution is 0.113. The van der Waals surface area contributed by atoms with Crippen LogP contribution in [-0.2, 0) is 10.0 Å². The van der Waals surface area contributed by atoms with E-state index >= 15 is 0 Å². The number of nitrogens with zero attached hydrogens (tertiary/aromatic N) is 4. The second-order valence-electron chi connectivity index (χ2n) is 7.82. The first-order valence-corrected chi connectivity index (χ1v) is 11.9. The Balaban J connectivity index is 1.55. The summed E-state index contributed by atoms with van der Waals surface area (Å²) in [6.07, 6.45) is 5.70. The molecule has 8 heteroatoms. The molecule has 1 N–H and O–H groups in total. The number of aliphatic hydroxyl groups excluding tert-OH is 1. The summed E-state index contributed by atoms with van der Waals surface area (Å²) < 4.78 is 27.7. The summed E-state index contributed by atoms with van der Waals surface area (Å²) in [6, 6.07) is 16.4. The topological polar surface area (TPSA) is 96.3 Å². The van der Waals surface area contributed by atoms with E-state index in [1.807, 2.05) is 36.4 Å². The first-order chi connectivity index (χ1) is 15.5. The quantitative estimate of drug-likeness (QED) is 0.515. The molecule has 0 radical (unpaired) electrons. The minimum atomic E-state index is -3.63. The third-order valence-electron chi connectivity index (χ3n) is 5.77. The first kappa shape index (κ1) is 20.7. The van der Waals surface area contributed by atoms with E-state index in [4.69, 9.17) is 4.98 Å². The zero-order chi connectivity index (χ0) is 22.1. The van der Waals surface area contributed by atoms with Gasteiger partial charge in [-0.25, -0.2) is 13.4 Å². The van der Waals surface area contributed by atoms with Crippen molar-refractivity contribution in [3.05, 3.63) is 73.2 Å². The normalized spacial score (nSPS) is 15.8. The standard InChI is InChI=1S/C24H22N4O3S/c29-19-9-14-28(15-10-19)32(30,31)20-3-1-2-18(16-20)22-4-5-23-24(27-22)21(8-13-26-23)17-6-11-25-12-7-17/h1-8,11-13,16,19,29H,9-10,14-15H2. The molecule has 5 rings (SSSR count). The summed E-state index contributed by atoms with van der Waals surface area (Å²) in [6.45, 7) is 0.645. The van der Waals surface area contributed by atoms with Crippen LogP contribution in [0.5, 0.6) is 0 Å². The van der Waals surface area contributed by atoms with Gasteiger partial charge in [0.2, 0.25) is 10.0 Å². The molecule has 0 aliphatic carbocycles. The van der Waals surface area contributed by atoms with E-state index in [2.05, 4.69) is 9.97 Å². The molecule has 32 heavy (non-hydrogen) atoms. The van der Waals surface area contributed by atoms with Crippen molar-refractivity contribution in [2.45, 2.75) is 23.8 Å². The Morgan fingerprint density at radius 3 is 2.47 bits per heavy atom. The van der Waals surface area contributed by atoms with E-state index < -0.39 is 16.1 Å². The van der Waals surface area contributed by atoms with Crippen molar-refractivity contribution in [2.24, 2.45) is 0 Å². The maximum atomic E-state index is 13.1. The molecule has 4 heterocycles. The molecule has 1 fully saturated rings. The Morgan fingerprint density at radius 2 is 1.69 bits per heavy atom. The summed E-state index contributed by atoms with van der Waals surface area (Å²) in [7, 11) is -3.63. The molecule has 0 amide bonds. The fraction of sp³-hybridized carbons (Fsp3) is 0.208. The summed E-state index contributed by atoms with van der Waals surface area (Å²) in [5.74, 6) is 0. The highest BCUT2D eigenvalue weighted by atomic mass is 32.2. The van der Waals surface area contributed by atoms with Crippen LogP contribution in [0.4, 0.5) is 0 Å². The van der Waals surface area contributed by atoms with E-state index in [0.717, 1.165) is 27.7 Å². The lowest BCUT2D eigenvalue weighted by Crippen LogP contribution is -2.39. The lowest BCUT2D eigenvalue weighted by Gasteiger charge is -2.28. The fourth-order valence-corrected chi connectivity index (χ4v) is 5.51. The van der Waals surface area contributed by atoms with Crippen LogP contribution in [0.15, 0.2) is 78.1 Å². The van der Waals surface area contributed by atoms with Gasteiger partial charge in [0.15, 0.2) is 0 Å². The molecule has 0 atom stereocenters. The fourth-order valence-electron chi connectivity index (χ4n) is 4.00. The van der Waals surface area contributed by atoms with Gasteiger partial charge in [-0.15, -0.1) is 0 Å². The number of aliphatic hydroxyl groups is 1. The number of sulfonamides is 1. The smallest absolute Gasteiger partial charge is 0.243 e. The van der Waals surface area contributed by atoms with Gasteiger partial charge in [-0.1, -0.05) is 12.1 Å². The van der Waals surface area contributed by atoms with E-state index in [9.17, 15) is 13.5 Å². The molecular weight excluding hydrogens is 424 g/mol. The van der Waals surface area contributed by atoms with Crippen molar-refractivity contribution < 1.29 is 13.5 Å². The third-order valence-corrected chi connectivity index (χ3v) is 7.66. The number of benzene rings is 1. The van der Waals surface area contributed by atoms with E-state index in [1.165, 1.54) is 4.31 Å². The van der Waals surface area contributed by atoms with Crippen molar-refractivity contribution in [1.29, 1.82) is 0 Å². The van der Waals surface area contributed by atoms with E-state index in [1.54, 1.807) is 36.8 Å². The van der Waals surface area contributed by atoms with Gasteiger partial charge in [-0.2, -0.15) is 4.31 Å². The van der Waals surface area contributed by atoms with Gasteiger partial charge in [0.1, 0.15) is 0 Å². The highest BCUT2D eigenvalue weighted by molar-refractivity contribution is 7.89. The van der Waals surface area contributed by atoms with Gasteiger partial charge in [-0.05, 0) is 60.9 Å². The third kappa shape index (κ3) is 3.88. The Bertz CT molecular complexity index is 1370. The molecule has 1 saturated heterocycles. The number of rotatable bonds is 4. The first-order valence-electron chi connectivity index (χ1n) is 10.5. The summed E-state index contributed by atoms with van der Waals surface area (Å²) >= 11 is 0. The van der Waals surface area contributed by atoms with Gasteiger partial charge < -0.3 is 5.11 Å². The van der Waals surface area contributed by atoms with Crippen LogP contribution < -0.4 is 0 Å². The monoisotopic (exact) mass is 446 g/mol. The highest BCUT2D eigenvalue weighted by Gasteiger charge is 2.28. The molecule has 1 aromatic carbocycles. The molecular formula is C24H22N4O3S. The summed E-state index contributed by atoms with van der Waals surface area (Å²) in [5.41, 5.74) is 4.82. The molecule has 162 valence electrons. The van der Waals surface area contributed by atoms with E-state index in [-0.39, 0.29) is 4.90 Å². The number of hydrogen-bond donors (Lipinski definition) is 1. The molecule has 0 unspecified atom stereocenters. The Morgan fingerprint density at radius 1 is 0.906 bits per heavy atom. The molecule has 1 aliphatic heterocycles. The average molecular weight is 447 g/mol. The second kappa shape index (κ2) is 8.38. The van der Waals surface area contributed by atoms with Gasteiger partial charge in [0.05, 0.1) is 27.7 Å². The Kier molecular flexibility index (Phi) is 5.42. The number of piperidine rings is 1. The maximum absolute atomic E-state index is 13.1. The van der Waals surface area contributed by atoms with E-state index in [0.29, 0.717) is 31.6 Å². The van der Waals surface area contributed by atoms with Crippen LogP contribution in [0.3, 0.4) is 0 Å². The molecule has 1 aliphatic rings. The summed E-state index contributed by atoms with van der Waals surface area (Å²) in [4.78, 5) is 13.6. The van der Waals surface area contributed by atoms with Crippen LogP contribution in [-0.4, -0.2) is 52.0 Å². The molecule has 0 saturated carbocycles. The average Bonchev–Trinajstić information content (AvgIpc) is 2.84. The number of pyridine rings is 3. The van der Waals surface area contributed by atoms with Crippen molar-refractivity contribution in [3.8, 4) is 22.4 Å². The molecule has 3 aromatic heterocycles. The second-order valence-corrected chi connectivity index (χ2v) is 9.76. The van der Waals surface area contributed by atoms with Crippen LogP contribution in [0.2, 0.25) is 0 Å². The molecule has 0 bridgehead atoms. The SMILES string of the molecule is O=S(=O)(c1cccc(-c2ccc3nccc(-c4ccncc4)c3n2)c1)N1CCC(O)CC1. The molecule has 4 aromatic rings. The van der Waals surface area contributed by atoms with Crippen molar-refractivity contribution in [2.75, 3.05) is 13.1 Å². The minimum absolute atomic E-state index is 0.230. The largest absolute Gasteiger partial charge is 0.393 e. The van der Waals surface area contributed by atoms with Crippen LogP contribution in [0.1, 0.15) is 12.8 Å².